The molecule has 24 heavy (non-hydrogen) atoms. The normalized spacial score (nSPS) is 32.6. The topological polar surface area (TPSA) is 58.2 Å². The van der Waals surface area contributed by atoms with Gasteiger partial charge in [0.15, 0.2) is 0 Å². The molecule has 1 aliphatic carbocycles. The summed E-state index contributed by atoms with van der Waals surface area (Å²) in [5.41, 5.74) is 0.665. The monoisotopic (exact) mass is 392 g/mol. The number of carbonyl (C=O) groups is 2. The van der Waals surface area contributed by atoms with E-state index >= 15 is 0 Å². The fourth-order valence-electron chi connectivity index (χ4n) is 4.40. The van der Waals surface area contributed by atoms with E-state index in [1.807, 2.05) is 24.3 Å². The van der Waals surface area contributed by atoms with E-state index in [0.29, 0.717) is 17.4 Å². The quantitative estimate of drug-likeness (QED) is 0.826. The third-order valence-electron chi connectivity index (χ3n) is 5.74. The number of halogens is 1. The minimum absolute atomic E-state index is 0.0404. The summed E-state index contributed by atoms with van der Waals surface area (Å²) < 4.78 is 0.901. The Hall–Kier alpha value is -1.36. The average Bonchev–Trinajstić information content (AvgIpc) is 2.55. The standard InChI is InChI=1S/C19H25BrN2O2/c1-3-15-11(2)16-8-7-14(10-17(16)22-19(15)24)21-18(23)12-5-4-6-13(20)9-12/h4-6,9,11,14-17H,3,7-8,10H2,1-2H3,(H,21,23)(H,22,24). The third kappa shape index (κ3) is 3.51. The maximum atomic E-state index is 12.4. The van der Waals surface area contributed by atoms with Crippen LogP contribution in [0.3, 0.4) is 0 Å². The van der Waals surface area contributed by atoms with E-state index in [1.165, 1.54) is 0 Å². The highest BCUT2D eigenvalue weighted by Gasteiger charge is 2.43. The van der Waals surface area contributed by atoms with Gasteiger partial charge in [0, 0.05) is 28.0 Å². The van der Waals surface area contributed by atoms with Crippen molar-refractivity contribution in [1.82, 2.24) is 10.6 Å². The summed E-state index contributed by atoms with van der Waals surface area (Å²) in [6, 6.07) is 7.74. The predicted octanol–water partition coefficient (Wildman–Crippen LogP) is 3.51. The fraction of sp³-hybridized carbons (Fsp3) is 0.579. The first-order chi connectivity index (χ1) is 11.5. The number of piperidine rings is 1. The number of hydrogen-bond acceptors (Lipinski definition) is 2. The van der Waals surface area contributed by atoms with Crippen molar-refractivity contribution in [3.05, 3.63) is 34.3 Å². The van der Waals surface area contributed by atoms with Gasteiger partial charge in [0.25, 0.3) is 5.91 Å². The van der Waals surface area contributed by atoms with Crippen molar-refractivity contribution in [2.75, 3.05) is 0 Å². The van der Waals surface area contributed by atoms with Crippen LogP contribution in [-0.2, 0) is 4.79 Å². The highest BCUT2D eigenvalue weighted by atomic mass is 79.9. The molecule has 2 N–H and O–H groups in total. The lowest BCUT2D eigenvalue weighted by molar-refractivity contribution is -0.133. The third-order valence-corrected chi connectivity index (χ3v) is 6.23. The molecule has 0 aromatic heterocycles. The van der Waals surface area contributed by atoms with Crippen LogP contribution in [0.4, 0.5) is 0 Å². The molecule has 1 saturated heterocycles. The Balaban J connectivity index is 1.63. The predicted molar refractivity (Wildman–Crippen MR) is 97.6 cm³/mol. The van der Waals surface area contributed by atoms with E-state index in [0.717, 1.165) is 30.2 Å². The van der Waals surface area contributed by atoms with Gasteiger partial charge in [-0.25, -0.2) is 0 Å². The van der Waals surface area contributed by atoms with Gasteiger partial charge in [-0.05, 0) is 55.7 Å². The first-order valence-electron chi connectivity index (χ1n) is 8.86. The van der Waals surface area contributed by atoms with Crippen molar-refractivity contribution < 1.29 is 9.59 Å². The fourth-order valence-corrected chi connectivity index (χ4v) is 4.80. The smallest absolute Gasteiger partial charge is 0.251 e. The van der Waals surface area contributed by atoms with E-state index in [-0.39, 0.29) is 29.8 Å². The SMILES string of the molecule is CCC1C(=O)NC2CC(NC(=O)c3cccc(Br)c3)CCC2C1C. The zero-order valence-electron chi connectivity index (χ0n) is 14.2. The number of hydrogen-bond donors (Lipinski definition) is 2. The molecular formula is C19H25BrN2O2. The lowest BCUT2D eigenvalue weighted by Crippen LogP contribution is -2.58. The summed E-state index contributed by atoms with van der Waals surface area (Å²) in [5.74, 6) is 1.24. The molecule has 2 aliphatic rings. The molecule has 0 spiro atoms. The Morgan fingerprint density at radius 2 is 2.17 bits per heavy atom. The van der Waals surface area contributed by atoms with Crippen molar-refractivity contribution in [1.29, 1.82) is 0 Å². The second-order valence-corrected chi connectivity index (χ2v) is 8.06. The van der Waals surface area contributed by atoms with Gasteiger partial charge in [-0.2, -0.15) is 0 Å². The van der Waals surface area contributed by atoms with Crippen molar-refractivity contribution in [2.45, 2.75) is 51.6 Å². The Morgan fingerprint density at radius 3 is 2.88 bits per heavy atom. The van der Waals surface area contributed by atoms with Crippen LogP contribution in [0.5, 0.6) is 0 Å². The summed E-state index contributed by atoms with van der Waals surface area (Å²) in [7, 11) is 0. The molecule has 5 heteroatoms. The lowest BCUT2D eigenvalue weighted by Gasteiger charge is -2.46. The molecule has 0 radical (unpaired) electrons. The summed E-state index contributed by atoms with van der Waals surface area (Å²) in [6.07, 6.45) is 3.78. The highest BCUT2D eigenvalue weighted by molar-refractivity contribution is 9.10. The lowest BCUT2D eigenvalue weighted by atomic mass is 9.67. The number of nitrogens with one attached hydrogen (secondary N) is 2. The van der Waals surface area contributed by atoms with Crippen LogP contribution in [0.1, 0.15) is 49.9 Å². The summed E-state index contributed by atoms with van der Waals surface area (Å²) in [5, 5.41) is 6.34. The van der Waals surface area contributed by atoms with E-state index < -0.39 is 0 Å². The number of carbonyl (C=O) groups excluding carboxylic acids is 2. The Morgan fingerprint density at radius 1 is 1.38 bits per heavy atom. The molecule has 1 heterocycles. The van der Waals surface area contributed by atoms with Gasteiger partial charge in [-0.3, -0.25) is 9.59 Å². The van der Waals surface area contributed by atoms with Crippen LogP contribution in [0.15, 0.2) is 28.7 Å². The van der Waals surface area contributed by atoms with Gasteiger partial charge in [-0.15, -0.1) is 0 Å². The minimum atomic E-state index is -0.0404. The maximum Gasteiger partial charge on any atom is 0.251 e. The molecule has 1 aliphatic heterocycles. The molecule has 1 aromatic rings. The molecule has 4 nitrogen and oxygen atoms in total. The van der Waals surface area contributed by atoms with E-state index in [9.17, 15) is 9.59 Å². The first kappa shape index (κ1) is 17.5. The van der Waals surface area contributed by atoms with Crippen LogP contribution in [0.2, 0.25) is 0 Å². The molecule has 2 amide bonds. The summed E-state index contributed by atoms with van der Waals surface area (Å²) >= 11 is 3.40. The summed E-state index contributed by atoms with van der Waals surface area (Å²) in [4.78, 5) is 24.7. The van der Waals surface area contributed by atoms with Crippen LogP contribution < -0.4 is 10.6 Å². The van der Waals surface area contributed by atoms with Crippen LogP contribution >= 0.6 is 15.9 Å². The van der Waals surface area contributed by atoms with Crippen LogP contribution in [0, 0.1) is 17.8 Å². The van der Waals surface area contributed by atoms with Crippen molar-refractivity contribution in [3.63, 3.8) is 0 Å². The molecule has 0 bridgehead atoms. The Labute approximate surface area is 151 Å². The zero-order chi connectivity index (χ0) is 17.3. The number of fused-ring (bicyclic) bond motifs is 1. The molecule has 5 unspecified atom stereocenters. The first-order valence-corrected chi connectivity index (χ1v) is 9.65. The van der Waals surface area contributed by atoms with Gasteiger partial charge in [0.1, 0.15) is 0 Å². The second kappa shape index (κ2) is 7.26. The van der Waals surface area contributed by atoms with E-state index in [1.54, 1.807) is 0 Å². The van der Waals surface area contributed by atoms with Gasteiger partial charge in [0.05, 0.1) is 0 Å². The van der Waals surface area contributed by atoms with Gasteiger partial charge in [-0.1, -0.05) is 35.8 Å². The number of amides is 2. The molecule has 1 saturated carbocycles. The average molecular weight is 393 g/mol. The highest BCUT2D eigenvalue weighted by Crippen LogP contribution is 2.38. The van der Waals surface area contributed by atoms with E-state index in [2.05, 4.69) is 40.4 Å². The van der Waals surface area contributed by atoms with Gasteiger partial charge < -0.3 is 10.6 Å². The Bertz CT molecular complexity index is 634. The van der Waals surface area contributed by atoms with Gasteiger partial charge >= 0.3 is 0 Å². The molecule has 5 atom stereocenters. The Kier molecular flexibility index (Phi) is 5.28. The number of benzene rings is 1. The zero-order valence-corrected chi connectivity index (χ0v) is 15.8. The van der Waals surface area contributed by atoms with E-state index in [4.69, 9.17) is 0 Å². The largest absolute Gasteiger partial charge is 0.353 e. The van der Waals surface area contributed by atoms with Crippen LogP contribution in [-0.4, -0.2) is 23.9 Å². The van der Waals surface area contributed by atoms with Crippen molar-refractivity contribution >= 4 is 27.7 Å². The minimum Gasteiger partial charge on any atom is -0.353 e. The molecule has 2 fully saturated rings. The molecule has 130 valence electrons. The molecular weight excluding hydrogens is 368 g/mol. The molecule has 3 rings (SSSR count). The maximum absolute atomic E-state index is 12.4. The molecule has 1 aromatic carbocycles. The van der Waals surface area contributed by atoms with Gasteiger partial charge in [0.2, 0.25) is 5.91 Å². The van der Waals surface area contributed by atoms with Crippen molar-refractivity contribution in [3.8, 4) is 0 Å². The number of rotatable bonds is 3. The second-order valence-electron chi connectivity index (χ2n) is 7.15. The van der Waals surface area contributed by atoms with Crippen LogP contribution in [0.25, 0.3) is 0 Å². The van der Waals surface area contributed by atoms with Crippen molar-refractivity contribution in [2.24, 2.45) is 17.8 Å². The summed E-state index contributed by atoms with van der Waals surface area (Å²) in [6.45, 7) is 4.30.